The minimum atomic E-state index is -3.36. The fourth-order valence-corrected chi connectivity index (χ4v) is 2.21. The average molecular weight is 309 g/mol. The fraction of sp³-hybridized carbons (Fsp3) is 0.0833. The fourth-order valence-electron chi connectivity index (χ4n) is 1.55. The van der Waals surface area contributed by atoms with E-state index in [4.69, 9.17) is 10.5 Å². The maximum absolute atomic E-state index is 11.4. The van der Waals surface area contributed by atoms with E-state index >= 15 is 0 Å². The predicted molar refractivity (Wildman–Crippen MR) is 74.9 cm³/mol. The Kier molecular flexibility index (Phi) is 3.76. The molecule has 110 valence electrons. The first-order valence-corrected chi connectivity index (χ1v) is 7.55. The molecule has 0 aliphatic rings. The number of benzene rings is 1. The minimum Gasteiger partial charge on any atom is -0.439 e. The Labute approximate surface area is 120 Å². The molecule has 2 rings (SSSR count). The third-order valence-corrected chi connectivity index (χ3v) is 3.64. The molecule has 8 nitrogen and oxygen atoms in total. The van der Waals surface area contributed by atoms with Crippen LogP contribution in [0.5, 0.6) is 11.6 Å². The van der Waals surface area contributed by atoms with E-state index < -0.39 is 14.8 Å². The van der Waals surface area contributed by atoms with E-state index in [1.165, 1.54) is 30.3 Å². The molecule has 0 amide bonds. The predicted octanol–water partition coefficient (Wildman–Crippen LogP) is 1.77. The van der Waals surface area contributed by atoms with Crippen LogP contribution in [0.3, 0.4) is 0 Å². The van der Waals surface area contributed by atoms with Crippen molar-refractivity contribution in [2.45, 2.75) is 4.90 Å². The number of aromatic nitrogens is 1. The summed E-state index contributed by atoms with van der Waals surface area (Å²) >= 11 is 0. The molecule has 1 aromatic heterocycles. The smallest absolute Gasteiger partial charge is 0.311 e. The number of hydrogen-bond donors (Lipinski definition) is 1. The normalized spacial score (nSPS) is 11.1. The highest BCUT2D eigenvalue weighted by Gasteiger charge is 2.14. The van der Waals surface area contributed by atoms with Crippen LogP contribution in [0.1, 0.15) is 0 Å². The van der Waals surface area contributed by atoms with Gasteiger partial charge >= 0.3 is 5.69 Å². The second-order valence-corrected chi connectivity index (χ2v) is 6.18. The summed E-state index contributed by atoms with van der Waals surface area (Å²) in [5, 5.41) is 10.6. The Balaban J connectivity index is 2.31. The van der Waals surface area contributed by atoms with E-state index in [9.17, 15) is 18.5 Å². The second kappa shape index (κ2) is 5.37. The standard InChI is InChI=1S/C12H11N3O5S/c1-21(18,19)9-4-2-3-8(7-9)20-11-6-5-10(15(16)17)12(13)14-11/h2-7H,1H3,(H2,13,14). The lowest BCUT2D eigenvalue weighted by Crippen LogP contribution is -2.00. The molecular formula is C12H11N3O5S. The molecule has 2 aromatic rings. The van der Waals surface area contributed by atoms with E-state index in [0.29, 0.717) is 0 Å². The van der Waals surface area contributed by atoms with Crippen LogP contribution in [0.25, 0.3) is 0 Å². The molecule has 0 unspecified atom stereocenters. The Morgan fingerprint density at radius 2 is 2.00 bits per heavy atom. The SMILES string of the molecule is CS(=O)(=O)c1cccc(Oc2ccc([N+](=O)[O-])c(N)n2)c1. The first-order chi connectivity index (χ1) is 9.77. The number of pyridine rings is 1. The third kappa shape index (κ3) is 3.45. The van der Waals surface area contributed by atoms with Gasteiger partial charge in [0, 0.05) is 18.4 Å². The highest BCUT2D eigenvalue weighted by molar-refractivity contribution is 7.90. The van der Waals surface area contributed by atoms with Crippen LogP contribution in [0.15, 0.2) is 41.3 Å². The molecule has 0 aliphatic carbocycles. The molecule has 9 heteroatoms. The van der Waals surface area contributed by atoms with Crippen LogP contribution in [0, 0.1) is 10.1 Å². The summed E-state index contributed by atoms with van der Waals surface area (Å²) in [5.41, 5.74) is 5.12. The molecule has 0 bridgehead atoms. The van der Waals surface area contributed by atoms with Crippen LogP contribution in [-0.2, 0) is 9.84 Å². The van der Waals surface area contributed by atoms with Gasteiger partial charge in [-0.1, -0.05) is 6.07 Å². The van der Waals surface area contributed by atoms with E-state index in [1.807, 2.05) is 0 Å². The van der Waals surface area contributed by atoms with Crippen molar-refractivity contribution in [1.82, 2.24) is 4.98 Å². The van der Waals surface area contributed by atoms with Gasteiger partial charge in [-0.05, 0) is 18.2 Å². The van der Waals surface area contributed by atoms with Crippen molar-refractivity contribution >= 4 is 21.3 Å². The lowest BCUT2D eigenvalue weighted by Gasteiger charge is -2.06. The van der Waals surface area contributed by atoms with Crippen molar-refractivity contribution in [1.29, 1.82) is 0 Å². The quantitative estimate of drug-likeness (QED) is 0.673. The van der Waals surface area contributed by atoms with Gasteiger partial charge in [-0.15, -0.1) is 0 Å². The molecule has 0 fully saturated rings. The van der Waals surface area contributed by atoms with Gasteiger partial charge in [0.05, 0.1) is 9.82 Å². The molecule has 0 saturated heterocycles. The molecule has 0 radical (unpaired) electrons. The number of nitro groups is 1. The summed E-state index contributed by atoms with van der Waals surface area (Å²) in [6.07, 6.45) is 1.08. The summed E-state index contributed by atoms with van der Waals surface area (Å²) in [6, 6.07) is 8.25. The average Bonchev–Trinajstić information content (AvgIpc) is 2.37. The van der Waals surface area contributed by atoms with Crippen molar-refractivity contribution < 1.29 is 18.1 Å². The summed E-state index contributed by atoms with van der Waals surface area (Å²) in [5.74, 6) is -0.0146. The van der Waals surface area contributed by atoms with Gasteiger partial charge in [-0.3, -0.25) is 10.1 Å². The van der Waals surface area contributed by atoms with Crippen LogP contribution >= 0.6 is 0 Å². The Morgan fingerprint density at radius 1 is 1.29 bits per heavy atom. The van der Waals surface area contributed by atoms with E-state index in [-0.39, 0.29) is 28.0 Å². The maximum atomic E-state index is 11.4. The van der Waals surface area contributed by atoms with Crippen LogP contribution < -0.4 is 10.5 Å². The topological polar surface area (TPSA) is 125 Å². The molecule has 0 aliphatic heterocycles. The Hall–Kier alpha value is -2.68. The first-order valence-electron chi connectivity index (χ1n) is 5.66. The number of ether oxygens (including phenoxy) is 1. The lowest BCUT2D eigenvalue weighted by molar-refractivity contribution is -0.384. The number of nitrogens with zero attached hydrogens (tertiary/aromatic N) is 2. The molecule has 21 heavy (non-hydrogen) atoms. The summed E-state index contributed by atoms with van der Waals surface area (Å²) < 4.78 is 28.2. The van der Waals surface area contributed by atoms with Gasteiger partial charge < -0.3 is 10.5 Å². The number of sulfone groups is 1. The van der Waals surface area contributed by atoms with Crippen LogP contribution in [-0.4, -0.2) is 24.6 Å². The van der Waals surface area contributed by atoms with Crippen molar-refractivity contribution in [2.75, 3.05) is 12.0 Å². The molecule has 2 N–H and O–H groups in total. The minimum absolute atomic E-state index is 0.0313. The molecule has 0 atom stereocenters. The second-order valence-electron chi connectivity index (χ2n) is 4.16. The van der Waals surface area contributed by atoms with E-state index in [2.05, 4.69) is 4.98 Å². The number of nitrogen functional groups attached to an aromatic ring is 1. The number of nitrogens with two attached hydrogens (primary N) is 1. The maximum Gasteiger partial charge on any atom is 0.311 e. The zero-order valence-corrected chi connectivity index (χ0v) is 11.7. The first kappa shape index (κ1) is 14.7. The monoisotopic (exact) mass is 309 g/mol. The van der Waals surface area contributed by atoms with Crippen molar-refractivity contribution in [3.63, 3.8) is 0 Å². The van der Waals surface area contributed by atoms with Gasteiger partial charge in [0.15, 0.2) is 9.84 Å². The van der Waals surface area contributed by atoms with Crippen molar-refractivity contribution in [3.05, 3.63) is 46.5 Å². The van der Waals surface area contributed by atoms with Crippen molar-refractivity contribution in [3.8, 4) is 11.6 Å². The molecule has 0 saturated carbocycles. The van der Waals surface area contributed by atoms with Crippen LogP contribution in [0.2, 0.25) is 0 Å². The molecular weight excluding hydrogens is 298 g/mol. The Bertz CT molecular complexity index is 804. The molecule has 0 spiro atoms. The highest BCUT2D eigenvalue weighted by atomic mass is 32.2. The zero-order chi connectivity index (χ0) is 15.6. The Morgan fingerprint density at radius 3 is 2.57 bits per heavy atom. The van der Waals surface area contributed by atoms with Gasteiger partial charge in [0.25, 0.3) is 0 Å². The van der Waals surface area contributed by atoms with E-state index in [1.54, 1.807) is 0 Å². The summed E-state index contributed by atoms with van der Waals surface area (Å²) in [4.78, 5) is 13.8. The third-order valence-electron chi connectivity index (χ3n) is 2.53. The highest BCUT2D eigenvalue weighted by Crippen LogP contribution is 2.26. The van der Waals surface area contributed by atoms with E-state index in [0.717, 1.165) is 12.3 Å². The van der Waals surface area contributed by atoms with Gasteiger partial charge in [-0.25, -0.2) is 8.42 Å². The number of anilines is 1. The number of hydrogen-bond acceptors (Lipinski definition) is 7. The summed E-state index contributed by atoms with van der Waals surface area (Å²) in [6.45, 7) is 0. The largest absolute Gasteiger partial charge is 0.439 e. The number of rotatable bonds is 4. The van der Waals surface area contributed by atoms with Gasteiger partial charge in [0.2, 0.25) is 11.7 Å². The summed E-state index contributed by atoms with van der Waals surface area (Å²) in [7, 11) is -3.36. The van der Waals surface area contributed by atoms with Crippen molar-refractivity contribution in [2.24, 2.45) is 0 Å². The molecule has 1 heterocycles. The van der Waals surface area contributed by atoms with Gasteiger partial charge in [-0.2, -0.15) is 4.98 Å². The molecule has 1 aromatic carbocycles. The zero-order valence-electron chi connectivity index (χ0n) is 10.9. The van der Waals surface area contributed by atoms with Gasteiger partial charge in [0.1, 0.15) is 5.75 Å². The lowest BCUT2D eigenvalue weighted by atomic mass is 10.3. The van der Waals surface area contributed by atoms with Crippen LogP contribution in [0.4, 0.5) is 11.5 Å².